The van der Waals surface area contributed by atoms with E-state index in [1.807, 2.05) is 31.2 Å². The van der Waals surface area contributed by atoms with Gasteiger partial charge in [-0.3, -0.25) is 9.69 Å². The number of ether oxygens (including phenoxy) is 1. The van der Waals surface area contributed by atoms with Crippen LogP contribution in [0.3, 0.4) is 0 Å². The Labute approximate surface area is 125 Å². The van der Waals surface area contributed by atoms with Gasteiger partial charge in [-0.15, -0.1) is 0 Å². The first-order valence-corrected chi connectivity index (χ1v) is 7.59. The first-order chi connectivity index (χ1) is 9.97. The molecule has 1 saturated heterocycles. The number of hydrogen-bond acceptors (Lipinski definition) is 4. The summed E-state index contributed by atoms with van der Waals surface area (Å²) in [6.07, 6.45) is 1.73. The highest BCUT2D eigenvalue weighted by molar-refractivity contribution is 5.97. The molecule has 1 aromatic carbocycles. The van der Waals surface area contributed by atoms with Crippen LogP contribution in [0.4, 0.5) is 0 Å². The fraction of sp³-hybridized carbons (Fsp3) is 0.588. The number of rotatable bonds is 4. The summed E-state index contributed by atoms with van der Waals surface area (Å²) < 4.78 is 5.11. The molecule has 1 aromatic rings. The Hall–Kier alpha value is -1.39. The second-order valence-corrected chi connectivity index (χ2v) is 6.77. The Morgan fingerprint density at radius 1 is 1.29 bits per heavy atom. The predicted molar refractivity (Wildman–Crippen MR) is 80.6 cm³/mol. The molecule has 114 valence electrons. The topological polar surface area (TPSA) is 49.8 Å². The monoisotopic (exact) mass is 289 g/mol. The third-order valence-electron chi connectivity index (χ3n) is 4.84. The molecular weight excluding hydrogens is 266 g/mol. The normalized spacial score (nSPS) is 32.1. The van der Waals surface area contributed by atoms with Gasteiger partial charge in [0.25, 0.3) is 0 Å². The second-order valence-electron chi connectivity index (χ2n) is 6.77. The van der Waals surface area contributed by atoms with Crippen molar-refractivity contribution in [2.45, 2.75) is 25.4 Å². The number of Topliss-reactive ketones (excluding diaryl/α,β-unsaturated/α-hetero) is 1. The molecule has 1 aliphatic heterocycles. The molecule has 0 bridgehead atoms. The maximum atomic E-state index is 12.3. The molecule has 2 aliphatic rings. The van der Waals surface area contributed by atoms with Crippen molar-refractivity contribution in [3.63, 3.8) is 0 Å². The number of nitrogens with zero attached hydrogens (tertiary/aromatic N) is 1. The summed E-state index contributed by atoms with van der Waals surface area (Å²) in [6.45, 7) is 4.27. The molecular formula is C17H23NO3. The number of carbonyl (C=O) groups excluding carboxylic acids is 1. The summed E-state index contributed by atoms with van der Waals surface area (Å²) in [5.41, 5.74) is 0.237. The number of carbonyl (C=O) groups is 1. The molecule has 2 fully saturated rings. The van der Waals surface area contributed by atoms with Gasteiger partial charge in [0.2, 0.25) is 0 Å². The van der Waals surface area contributed by atoms with E-state index in [4.69, 9.17) is 4.74 Å². The minimum atomic E-state index is -0.499. The van der Waals surface area contributed by atoms with Crippen molar-refractivity contribution in [2.75, 3.05) is 26.7 Å². The van der Waals surface area contributed by atoms with Gasteiger partial charge in [-0.2, -0.15) is 0 Å². The van der Waals surface area contributed by atoms with E-state index in [1.165, 1.54) is 0 Å². The summed E-state index contributed by atoms with van der Waals surface area (Å²) in [5.74, 6) is 2.02. The Bertz CT molecular complexity index is 507. The zero-order chi connectivity index (χ0) is 15.0. The summed E-state index contributed by atoms with van der Waals surface area (Å²) in [5, 5.41) is 10.1. The van der Waals surface area contributed by atoms with Crippen LogP contribution in [0.5, 0.6) is 5.75 Å². The Balaban J connectivity index is 1.57. The van der Waals surface area contributed by atoms with E-state index in [9.17, 15) is 9.90 Å². The molecule has 1 saturated carbocycles. The average Bonchev–Trinajstić information content (AvgIpc) is 2.91. The number of ketones is 1. The Morgan fingerprint density at radius 3 is 2.38 bits per heavy atom. The second kappa shape index (κ2) is 5.43. The summed E-state index contributed by atoms with van der Waals surface area (Å²) in [6, 6.07) is 7.29. The van der Waals surface area contributed by atoms with Gasteiger partial charge in [0.1, 0.15) is 5.75 Å². The van der Waals surface area contributed by atoms with E-state index in [0.29, 0.717) is 18.4 Å². The number of benzene rings is 1. The van der Waals surface area contributed by atoms with Crippen molar-refractivity contribution in [3.8, 4) is 5.75 Å². The predicted octanol–water partition coefficient (Wildman–Crippen LogP) is 1.97. The maximum absolute atomic E-state index is 12.3. The molecule has 0 aromatic heterocycles. The van der Waals surface area contributed by atoms with Crippen LogP contribution in [0.1, 0.15) is 30.1 Å². The zero-order valence-electron chi connectivity index (χ0n) is 12.7. The van der Waals surface area contributed by atoms with Crippen LogP contribution < -0.4 is 4.74 Å². The molecule has 1 aliphatic carbocycles. The summed E-state index contributed by atoms with van der Waals surface area (Å²) >= 11 is 0. The number of methoxy groups -OCH3 is 1. The number of aliphatic hydroxyl groups is 1. The molecule has 3 rings (SSSR count). The van der Waals surface area contributed by atoms with Crippen LogP contribution in [0, 0.1) is 11.8 Å². The van der Waals surface area contributed by atoms with Gasteiger partial charge in [0, 0.05) is 18.7 Å². The van der Waals surface area contributed by atoms with Gasteiger partial charge in [-0.05, 0) is 55.9 Å². The van der Waals surface area contributed by atoms with Crippen LogP contribution in [-0.2, 0) is 0 Å². The van der Waals surface area contributed by atoms with Gasteiger partial charge in [-0.25, -0.2) is 0 Å². The molecule has 4 heteroatoms. The lowest BCUT2D eigenvalue weighted by atomic mass is 10.0. The van der Waals surface area contributed by atoms with Crippen LogP contribution in [0.15, 0.2) is 24.3 Å². The summed E-state index contributed by atoms with van der Waals surface area (Å²) in [4.78, 5) is 14.5. The average molecular weight is 289 g/mol. The molecule has 4 nitrogen and oxygen atoms in total. The van der Waals surface area contributed by atoms with Crippen LogP contribution in [-0.4, -0.2) is 48.1 Å². The third-order valence-corrected chi connectivity index (χ3v) is 4.84. The Morgan fingerprint density at radius 2 is 1.86 bits per heavy atom. The third kappa shape index (κ3) is 3.11. The Kier molecular flexibility index (Phi) is 3.76. The quantitative estimate of drug-likeness (QED) is 0.861. The molecule has 1 unspecified atom stereocenters. The highest BCUT2D eigenvalue weighted by atomic mass is 16.5. The minimum absolute atomic E-state index is 0.157. The van der Waals surface area contributed by atoms with Gasteiger partial charge in [0.15, 0.2) is 5.78 Å². The van der Waals surface area contributed by atoms with E-state index >= 15 is 0 Å². The van der Waals surface area contributed by atoms with Crippen molar-refractivity contribution in [2.24, 2.45) is 11.8 Å². The van der Waals surface area contributed by atoms with Crippen LogP contribution in [0.2, 0.25) is 0 Å². The molecule has 21 heavy (non-hydrogen) atoms. The highest BCUT2D eigenvalue weighted by Crippen LogP contribution is 2.43. The smallest absolute Gasteiger partial charge is 0.176 e. The van der Waals surface area contributed by atoms with Crippen molar-refractivity contribution in [1.29, 1.82) is 0 Å². The lowest BCUT2D eigenvalue weighted by Gasteiger charge is -2.21. The highest BCUT2D eigenvalue weighted by Gasteiger charge is 2.45. The van der Waals surface area contributed by atoms with E-state index < -0.39 is 5.60 Å². The van der Waals surface area contributed by atoms with Crippen LogP contribution in [0.25, 0.3) is 0 Å². The van der Waals surface area contributed by atoms with E-state index in [0.717, 1.165) is 37.2 Å². The number of hydrogen-bond donors (Lipinski definition) is 1. The standard InChI is InChI=1S/C17H23NO3/c1-17(20)7-13-9-18(10-14(13)8-17)11-16(19)12-3-5-15(21-2)6-4-12/h3-6,13-14,20H,7-11H2,1-2H3/t13-,14+,17?. The lowest BCUT2D eigenvalue weighted by molar-refractivity contribution is 0.0542. The molecule has 0 radical (unpaired) electrons. The molecule has 0 amide bonds. The number of fused-ring (bicyclic) bond motifs is 1. The molecule has 1 heterocycles. The number of likely N-dealkylation sites (tertiary alicyclic amines) is 1. The van der Waals surface area contributed by atoms with Gasteiger partial charge in [0.05, 0.1) is 19.3 Å². The first-order valence-electron chi connectivity index (χ1n) is 7.59. The van der Waals surface area contributed by atoms with Crippen molar-refractivity contribution in [3.05, 3.63) is 29.8 Å². The maximum Gasteiger partial charge on any atom is 0.176 e. The van der Waals surface area contributed by atoms with Crippen LogP contribution >= 0.6 is 0 Å². The van der Waals surface area contributed by atoms with E-state index in [1.54, 1.807) is 7.11 Å². The molecule has 0 spiro atoms. The first kappa shape index (κ1) is 14.5. The minimum Gasteiger partial charge on any atom is -0.497 e. The molecule has 1 N–H and O–H groups in total. The lowest BCUT2D eigenvalue weighted by Crippen LogP contribution is -2.31. The zero-order valence-corrected chi connectivity index (χ0v) is 12.7. The summed E-state index contributed by atoms with van der Waals surface area (Å²) in [7, 11) is 1.62. The largest absolute Gasteiger partial charge is 0.497 e. The van der Waals surface area contributed by atoms with Gasteiger partial charge >= 0.3 is 0 Å². The SMILES string of the molecule is COc1ccc(C(=O)CN2C[C@@H]3CC(C)(O)C[C@@H]3C2)cc1. The van der Waals surface area contributed by atoms with Gasteiger partial charge in [-0.1, -0.05) is 0 Å². The van der Waals surface area contributed by atoms with Crippen molar-refractivity contribution < 1.29 is 14.6 Å². The molecule has 3 atom stereocenters. The van der Waals surface area contributed by atoms with Crippen molar-refractivity contribution >= 4 is 5.78 Å². The van der Waals surface area contributed by atoms with Gasteiger partial charge < -0.3 is 9.84 Å². The fourth-order valence-corrected chi connectivity index (χ4v) is 3.91. The van der Waals surface area contributed by atoms with Crippen molar-refractivity contribution in [1.82, 2.24) is 4.90 Å². The van der Waals surface area contributed by atoms with E-state index in [-0.39, 0.29) is 5.78 Å². The van der Waals surface area contributed by atoms with E-state index in [2.05, 4.69) is 4.90 Å². The fourth-order valence-electron chi connectivity index (χ4n) is 3.91.